The van der Waals surface area contributed by atoms with E-state index in [2.05, 4.69) is 41.2 Å². The molecule has 0 saturated carbocycles. The number of aliphatic hydroxyl groups is 1. The Labute approximate surface area is 437 Å². The largest absolute Gasteiger partial charge is 0.469 e. The quantitative estimate of drug-likeness (QED) is 0.0170. The van der Waals surface area contributed by atoms with E-state index in [0.717, 1.165) is 77.0 Å². The fourth-order valence-corrected chi connectivity index (χ4v) is 9.10. The van der Waals surface area contributed by atoms with Crippen molar-refractivity contribution >= 4 is 37.5 Å². The molecule has 0 unspecified atom stereocenters. The summed E-state index contributed by atoms with van der Waals surface area (Å²) in [4.78, 5) is 84.5. The topological polar surface area (TPSA) is 253 Å². The molecule has 0 aromatic heterocycles. The Morgan fingerprint density at radius 1 is 0.528 bits per heavy atom. The van der Waals surface area contributed by atoms with Crippen molar-refractivity contribution in [3.05, 3.63) is 0 Å². The Morgan fingerprint density at radius 2 is 0.986 bits per heavy atom. The van der Waals surface area contributed by atoms with Crippen molar-refractivity contribution < 1.29 is 57.4 Å². The Balaban J connectivity index is 5.55. The second-order valence-electron chi connectivity index (χ2n) is 20.2. The molecule has 4 atom stereocenters. The summed E-state index contributed by atoms with van der Waals surface area (Å²) in [5.74, 6) is -2.28. The van der Waals surface area contributed by atoms with E-state index < -0.39 is 56.5 Å². The fourth-order valence-electron chi connectivity index (χ4n) is 8.76. The number of carbonyl (C=O) groups excluding carboxylic acids is 5. The molecular formula is C55H107N4O12P. The normalized spacial score (nSPS) is 13.3. The molecule has 72 heavy (non-hydrogen) atoms. The van der Waals surface area contributed by atoms with Crippen LogP contribution in [-0.2, 0) is 42.5 Å². The van der Waals surface area contributed by atoms with Crippen LogP contribution >= 0.6 is 7.82 Å². The molecule has 0 aliphatic rings. The summed E-state index contributed by atoms with van der Waals surface area (Å²) in [5.41, 5.74) is 5.57. The number of phosphoric ester groups is 1. The van der Waals surface area contributed by atoms with Crippen LogP contribution in [0.3, 0.4) is 0 Å². The molecule has 16 nitrogen and oxygen atoms in total. The highest BCUT2D eigenvalue weighted by molar-refractivity contribution is 7.46. The highest BCUT2D eigenvalue weighted by Crippen LogP contribution is 2.35. The first-order valence-corrected chi connectivity index (χ1v) is 30.6. The monoisotopic (exact) mass is 1050 g/mol. The summed E-state index contributed by atoms with van der Waals surface area (Å²) in [7, 11) is -4.86. The van der Waals surface area contributed by atoms with Crippen molar-refractivity contribution in [3.8, 4) is 0 Å². The average Bonchev–Trinajstić information content (AvgIpc) is 3.33. The van der Waals surface area contributed by atoms with Gasteiger partial charge in [-0.15, -0.1) is 0 Å². The number of rotatable bonds is 53. The van der Waals surface area contributed by atoms with E-state index in [1.165, 1.54) is 103 Å². The van der Waals surface area contributed by atoms with Gasteiger partial charge in [-0.05, 0) is 57.9 Å². The number of esters is 2. The third-order valence-corrected chi connectivity index (χ3v) is 13.6. The van der Waals surface area contributed by atoms with E-state index in [4.69, 9.17) is 15.2 Å². The van der Waals surface area contributed by atoms with Crippen molar-refractivity contribution in [2.24, 2.45) is 5.73 Å². The van der Waals surface area contributed by atoms with E-state index in [1.807, 2.05) is 0 Å². The second-order valence-corrected chi connectivity index (χ2v) is 21.4. The molecule has 0 heterocycles. The van der Waals surface area contributed by atoms with Crippen LogP contribution in [0.15, 0.2) is 0 Å². The summed E-state index contributed by atoms with van der Waals surface area (Å²) < 4.78 is 27.6. The summed E-state index contributed by atoms with van der Waals surface area (Å²) in [6, 6.07) is -1.82. The van der Waals surface area contributed by atoms with Crippen LogP contribution in [0, 0.1) is 0 Å². The average molecular weight is 1050 g/mol. The Bertz CT molecular complexity index is 1390. The third kappa shape index (κ3) is 47.1. The van der Waals surface area contributed by atoms with E-state index in [-0.39, 0.29) is 57.1 Å². The molecule has 0 bridgehead atoms. The van der Waals surface area contributed by atoms with Gasteiger partial charge in [-0.1, -0.05) is 188 Å². The first-order valence-electron chi connectivity index (χ1n) is 29.0. The van der Waals surface area contributed by atoms with Crippen molar-refractivity contribution in [2.45, 2.75) is 295 Å². The van der Waals surface area contributed by atoms with Crippen LogP contribution in [0.4, 0.5) is 0 Å². The minimum Gasteiger partial charge on any atom is -0.463 e. The minimum atomic E-state index is -4.86. The molecule has 0 radical (unpaired) electrons. The minimum absolute atomic E-state index is 0.0894. The summed E-state index contributed by atoms with van der Waals surface area (Å²) in [6.07, 6.45) is 32.7. The Kier molecular flexibility index (Phi) is 47.5. The molecule has 0 fully saturated rings. The lowest BCUT2D eigenvalue weighted by molar-refractivity contribution is -0.151. The molecule has 8 N–H and O–H groups in total. The van der Waals surface area contributed by atoms with Crippen LogP contribution in [0.5, 0.6) is 0 Å². The number of nitrogens with two attached hydrogens (primary N) is 1. The lowest BCUT2D eigenvalue weighted by atomic mass is 10.0. The van der Waals surface area contributed by atoms with Crippen LogP contribution in [-0.4, -0.2) is 95.1 Å². The van der Waals surface area contributed by atoms with Crippen molar-refractivity contribution in [3.63, 3.8) is 0 Å². The van der Waals surface area contributed by atoms with Gasteiger partial charge in [0.25, 0.3) is 0 Å². The number of carbonyl (C=O) groups is 5. The highest BCUT2D eigenvalue weighted by Gasteiger charge is 2.26. The van der Waals surface area contributed by atoms with Gasteiger partial charge < -0.3 is 46.1 Å². The van der Waals surface area contributed by atoms with Gasteiger partial charge >= 0.3 is 19.8 Å². The maximum Gasteiger partial charge on any atom is 0.469 e. The molecule has 3 amide bonds. The molecule has 0 aliphatic heterocycles. The van der Waals surface area contributed by atoms with Gasteiger partial charge in [0, 0.05) is 25.8 Å². The maximum absolute atomic E-state index is 13.6. The molecule has 424 valence electrons. The van der Waals surface area contributed by atoms with Crippen LogP contribution < -0.4 is 21.7 Å². The molecular weight excluding hydrogens is 940 g/mol. The van der Waals surface area contributed by atoms with Gasteiger partial charge in [-0.3, -0.25) is 28.5 Å². The molecule has 0 rings (SSSR count). The van der Waals surface area contributed by atoms with E-state index in [1.54, 1.807) is 0 Å². The second kappa shape index (κ2) is 49.3. The van der Waals surface area contributed by atoms with Crippen LogP contribution in [0.2, 0.25) is 0 Å². The van der Waals surface area contributed by atoms with Crippen molar-refractivity contribution in [1.29, 1.82) is 0 Å². The third-order valence-electron chi connectivity index (χ3n) is 13.1. The number of nitrogens with one attached hydrogen (secondary N) is 3. The van der Waals surface area contributed by atoms with E-state index >= 15 is 0 Å². The standard InChI is InChI=1S/C55H107N4O12P/c1-4-7-10-13-16-19-22-25-29-36-48(60)44-51(61)58-47(46-69-53(63)38-32-28-33-41-56)35-34-42-57-55(65)50(40-43-70-72(66,67)68)59-52(62)45-49(37-30-26-23-20-17-14-11-8-5-2)71-54(64)39-31-27-24-21-18-15-12-9-6-3/h47-50,60H,4-46,56H2,1-3H3,(H,57,65)(H,58,61)(H,59,62)(H2,66,67,68)/t47-,48-,49-,50+/m1/s1. The molecule has 0 aromatic rings. The van der Waals surface area contributed by atoms with Gasteiger partial charge in [0.15, 0.2) is 0 Å². The lowest BCUT2D eigenvalue weighted by Crippen LogP contribution is -2.48. The van der Waals surface area contributed by atoms with Crippen molar-refractivity contribution in [2.75, 3.05) is 26.3 Å². The zero-order valence-electron chi connectivity index (χ0n) is 45.8. The summed E-state index contributed by atoms with van der Waals surface area (Å²) in [5, 5.41) is 19.0. The summed E-state index contributed by atoms with van der Waals surface area (Å²) >= 11 is 0. The number of amides is 3. The van der Waals surface area contributed by atoms with Crippen molar-refractivity contribution in [1.82, 2.24) is 16.0 Å². The SMILES string of the molecule is CCCCCCCCCCCC(=O)O[C@H](CCCCCCCCCCC)CC(=O)N[C@@H](CCOP(=O)(O)O)C(=O)NCCC[C@H](COC(=O)CCCCCN)NC(=O)C[C@H](O)CCCCCCCCCCC. The van der Waals surface area contributed by atoms with Gasteiger partial charge in [-0.2, -0.15) is 0 Å². The van der Waals surface area contributed by atoms with Gasteiger partial charge in [-0.25, -0.2) is 4.57 Å². The van der Waals surface area contributed by atoms with Crippen LogP contribution in [0.1, 0.15) is 271 Å². The van der Waals surface area contributed by atoms with E-state index in [9.17, 15) is 43.4 Å². The van der Waals surface area contributed by atoms with Crippen LogP contribution in [0.25, 0.3) is 0 Å². The predicted molar refractivity (Wildman–Crippen MR) is 288 cm³/mol. The maximum atomic E-state index is 13.6. The fraction of sp³-hybridized carbons (Fsp3) is 0.909. The predicted octanol–water partition coefficient (Wildman–Crippen LogP) is 11.2. The number of hydrogen-bond acceptors (Lipinski definition) is 11. The Morgan fingerprint density at radius 3 is 1.50 bits per heavy atom. The first kappa shape index (κ1) is 69.4. The van der Waals surface area contributed by atoms with Gasteiger partial charge in [0.1, 0.15) is 18.8 Å². The molecule has 17 heteroatoms. The smallest absolute Gasteiger partial charge is 0.463 e. The zero-order valence-corrected chi connectivity index (χ0v) is 46.6. The highest BCUT2D eigenvalue weighted by atomic mass is 31.2. The van der Waals surface area contributed by atoms with E-state index in [0.29, 0.717) is 45.1 Å². The van der Waals surface area contributed by atoms with Gasteiger partial charge in [0.2, 0.25) is 17.7 Å². The zero-order chi connectivity index (χ0) is 53.3. The lowest BCUT2D eigenvalue weighted by Gasteiger charge is -2.22. The Hall–Kier alpha value is -2.62. The molecule has 0 aromatic carbocycles. The summed E-state index contributed by atoms with van der Waals surface area (Å²) in [6.45, 7) is 6.63. The number of phosphoric acid groups is 1. The van der Waals surface area contributed by atoms with Gasteiger partial charge in [0.05, 0.1) is 31.6 Å². The first-order chi connectivity index (χ1) is 34.7. The number of hydrogen-bond donors (Lipinski definition) is 7. The molecule has 0 aliphatic carbocycles. The number of ether oxygens (including phenoxy) is 2. The number of aliphatic hydroxyl groups excluding tert-OH is 1. The molecule has 0 saturated heterocycles. The molecule has 0 spiro atoms. The number of unbranched alkanes of at least 4 members (excludes halogenated alkanes) is 26.